The van der Waals surface area contributed by atoms with Crippen LogP contribution in [0, 0.1) is 0 Å². The minimum absolute atomic E-state index is 0.0257. The maximum atomic E-state index is 9.95. The quantitative estimate of drug-likeness (QED) is 0.459. The average molecular weight is 406 g/mol. The first-order valence-electron chi connectivity index (χ1n) is 8.27. The van der Waals surface area contributed by atoms with Crippen LogP contribution in [-0.4, -0.2) is 87.1 Å². The van der Waals surface area contributed by atoms with Gasteiger partial charge in [0.2, 0.25) is 5.82 Å². The maximum Gasteiger partial charge on any atom is 0.414 e. The first kappa shape index (κ1) is 23.0. The second kappa shape index (κ2) is 11.0. The van der Waals surface area contributed by atoms with Crippen LogP contribution in [0.25, 0.3) is 0 Å². The number of hydrogen-bond donors (Lipinski definition) is 4. The Morgan fingerprint density at radius 3 is 2.37 bits per heavy atom. The van der Waals surface area contributed by atoms with Gasteiger partial charge in [-0.15, -0.1) is 4.37 Å². The molecule has 0 spiro atoms. The molecule has 1 saturated heterocycles. The Morgan fingerprint density at radius 1 is 1.26 bits per heavy atom. The van der Waals surface area contributed by atoms with Crippen molar-refractivity contribution >= 4 is 29.5 Å². The van der Waals surface area contributed by atoms with Gasteiger partial charge in [0.05, 0.1) is 24.9 Å². The van der Waals surface area contributed by atoms with Crippen molar-refractivity contribution < 1.29 is 34.4 Å². The van der Waals surface area contributed by atoms with Crippen molar-refractivity contribution in [3.8, 4) is 5.88 Å². The van der Waals surface area contributed by atoms with Crippen LogP contribution in [0.5, 0.6) is 5.88 Å². The lowest BCUT2D eigenvalue weighted by Gasteiger charge is -2.27. The molecule has 154 valence electrons. The van der Waals surface area contributed by atoms with Gasteiger partial charge in [-0.2, -0.15) is 4.37 Å². The fraction of sp³-hybridized carbons (Fsp3) is 0.733. The van der Waals surface area contributed by atoms with Crippen molar-refractivity contribution in [2.24, 2.45) is 0 Å². The number of aliphatic hydroxyl groups is 1. The van der Waals surface area contributed by atoms with Gasteiger partial charge < -0.3 is 35.0 Å². The van der Waals surface area contributed by atoms with Crippen LogP contribution in [0.3, 0.4) is 0 Å². The third-order valence-electron chi connectivity index (χ3n) is 3.22. The van der Waals surface area contributed by atoms with Crippen molar-refractivity contribution in [1.82, 2.24) is 14.1 Å². The highest BCUT2D eigenvalue weighted by Gasteiger charge is 2.21. The summed E-state index contributed by atoms with van der Waals surface area (Å²) in [6.07, 6.45) is -0.580. The number of carboxylic acids is 2. The Bertz CT molecular complexity index is 587. The Labute approximate surface area is 161 Å². The summed E-state index contributed by atoms with van der Waals surface area (Å²) in [5.41, 5.74) is -0.0257. The molecule has 4 N–H and O–H groups in total. The normalized spacial score (nSPS) is 15.5. The fourth-order valence-electron chi connectivity index (χ4n) is 1.89. The Morgan fingerprint density at radius 2 is 1.85 bits per heavy atom. The van der Waals surface area contributed by atoms with Crippen LogP contribution in [0.4, 0.5) is 5.82 Å². The molecule has 0 saturated carbocycles. The number of anilines is 1. The standard InChI is InChI=1S/C13H24N4O3S.C2H2O4/c1-13(2,3)14-8-10(18)9-20-12-11(15-21-16-12)17-4-6-19-7-5-17;3-1(4)2(5)6/h10,14,18H,4-9H2,1-3H3;(H,3,4)(H,5,6). The van der Waals surface area contributed by atoms with Crippen LogP contribution < -0.4 is 15.0 Å². The molecule has 0 aliphatic carbocycles. The number of carbonyl (C=O) groups is 2. The Hall–Kier alpha value is -2.02. The zero-order valence-electron chi connectivity index (χ0n) is 15.5. The molecule has 0 radical (unpaired) electrons. The van der Waals surface area contributed by atoms with Gasteiger partial charge in [0.1, 0.15) is 12.7 Å². The summed E-state index contributed by atoms with van der Waals surface area (Å²) in [6.45, 7) is 9.81. The second-order valence-electron chi connectivity index (χ2n) is 6.70. The third-order valence-corrected chi connectivity index (χ3v) is 3.72. The molecular formula is C15H26N4O7S. The smallest absolute Gasteiger partial charge is 0.414 e. The van der Waals surface area contributed by atoms with E-state index in [1.807, 2.05) is 0 Å². The molecule has 1 aromatic heterocycles. The first-order valence-corrected chi connectivity index (χ1v) is 9.00. The highest BCUT2D eigenvalue weighted by atomic mass is 32.1. The van der Waals surface area contributed by atoms with Gasteiger partial charge >= 0.3 is 11.9 Å². The molecule has 1 aliphatic rings. The minimum atomic E-state index is -1.82. The van der Waals surface area contributed by atoms with E-state index >= 15 is 0 Å². The molecule has 1 atom stereocenters. The molecule has 1 unspecified atom stereocenters. The van der Waals surface area contributed by atoms with Gasteiger partial charge in [-0.1, -0.05) is 0 Å². The zero-order chi connectivity index (χ0) is 20.4. The lowest BCUT2D eigenvalue weighted by atomic mass is 10.1. The van der Waals surface area contributed by atoms with Crippen LogP contribution in [0.2, 0.25) is 0 Å². The van der Waals surface area contributed by atoms with Gasteiger partial charge in [0.25, 0.3) is 5.88 Å². The summed E-state index contributed by atoms with van der Waals surface area (Å²) in [5, 5.41) is 28.0. The number of morpholine rings is 1. The Balaban J connectivity index is 0.000000527. The van der Waals surface area contributed by atoms with E-state index in [1.165, 1.54) is 0 Å². The van der Waals surface area contributed by atoms with Gasteiger partial charge in [-0.05, 0) is 20.8 Å². The molecule has 12 heteroatoms. The van der Waals surface area contributed by atoms with Crippen molar-refractivity contribution in [2.45, 2.75) is 32.4 Å². The van der Waals surface area contributed by atoms with E-state index in [2.05, 4.69) is 39.7 Å². The molecule has 27 heavy (non-hydrogen) atoms. The van der Waals surface area contributed by atoms with E-state index < -0.39 is 18.0 Å². The predicted molar refractivity (Wildman–Crippen MR) is 97.5 cm³/mol. The van der Waals surface area contributed by atoms with Crippen molar-refractivity contribution in [1.29, 1.82) is 0 Å². The number of carboxylic acid groups (broad SMARTS) is 2. The van der Waals surface area contributed by atoms with E-state index in [0.717, 1.165) is 30.6 Å². The van der Waals surface area contributed by atoms with E-state index in [-0.39, 0.29) is 12.1 Å². The van der Waals surface area contributed by atoms with Crippen LogP contribution in [-0.2, 0) is 14.3 Å². The molecule has 2 rings (SSSR count). The number of aliphatic carboxylic acids is 2. The molecule has 0 amide bonds. The molecule has 11 nitrogen and oxygen atoms in total. The summed E-state index contributed by atoms with van der Waals surface area (Å²) in [4.78, 5) is 20.3. The molecule has 1 aliphatic heterocycles. The number of aromatic nitrogens is 2. The van der Waals surface area contributed by atoms with Gasteiger partial charge in [0, 0.05) is 25.2 Å². The SMILES string of the molecule is CC(C)(C)NCC(O)COc1nsnc1N1CCOCC1.O=C(O)C(=O)O. The summed E-state index contributed by atoms with van der Waals surface area (Å²) in [7, 11) is 0. The lowest BCUT2D eigenvalue weighted by Crippen LogP contribution is -2.42. The second-order valence-corrected chi connectivity index (χ2v) is 7.23. The highest BCUT2D eigenvalue weighted by molar-refractivity contribution is 6.99. The highest BCUT2D eigenvalue weighted by Crippen LogP contribution is 2.26. The number of nitrogens with one attached hydrogen (secondary N) is 1. The fourth-order valence-corrected chi connectivity index (χ4v) is 2.41. The topological polar surface area (TPSA) is 154 Å². The summed E-state index contributed by atoms with van der Waals surface area (Å²) < 4.78 is 19.4. The van der Waals surface area contributed by atoms with Crippen molar-refractivity contribution in [2.75, 3.05) is 44.4 Å². The largest absolute Gasteiger partial charge is 0.473 e. The molecule has 0 bridgehead atoms. The first-order chi connectivity index (χ1) is 12.6. The zero-order valence-corrected chi connectivity index (χ0v) is 16.4. The number of β-amino-alcohol motifs (C(OH)–C–C–N with tert-alkyl or cyclic N) is 1. The van der Waals surface area contributed by atoms with Gasteiger partial charge in [0.15, 0.2) is 0 Å². The van der Waals surface area contributed by atoms with Crippen LogP contribution in [0.1, 0.15) is 20.8 Å². The average Bonchev–Trinajstić information content (AvgIpc) is 3.07. The minimum Gasteiger partial charge on any atom is -0.473 e. The van der Waals surface area contributed by atoms with E-state index in [0.29, 0.717) is 25.6 Å². The summed E-state index contributed by atoms with van der Waals surface area (Å²) >= 11 is 1.12. The van der Waals surface area contributed by atoms with Gasteiger partial charge in [-0.3, -0.25) is 0 Å². The van der Waals surface area contributed by atoms with Crippen LogP contribution >= 0.6 is 11.7 Å². The Kier molecular flexibility index (Phi) is 9.35. The summed E-state index contributed by atoms with van der Waals surface area (Å²) in [5.74, 6) is -2.40. The van der Waals surface area contributed by atoms with Gasteiger partial charge in [-0.25, -0.2) is 9.59 Å². The maximum absolute atomic E-state index is 9.95. The van der Waals surface area contributed by atoms with E-state index in [9.17, 15) is 5.11 Å². The van der Waals surface area contributed by atoms with Crippen molar-refractivity contribution in [3.63, 3.8) is 0 Å². The lowest BCUT2D eigenvalue weighted by molar-refractivity contribution is -0.159. The predicted octanol–water partition coefficient (Wildman–Crippen LogP) is -0.342. The monoisotopic (exact) mass is 406 g/mol. The number of ether oxygens (including phenoxy) is 2. The molecule has 1 fully saturated rings. The van der Waals surface area contributed by atoms with E-state index in [1.54, 1.807) is 0 Å². The third kappa shape index (κ3) is 9.47. The van der Waals surface area contributed by atoms with Crippen molar-refractivity contribution in [3.05, 3.63) is 0 Å². The number of nitrogens with zero attached hydrogens (tertiary/aromatic N) is 3. The molecular weight excluding hydrogens is 380 g/mol. The van der Waals surface area contributed by atoms with Crippen LogP contribution in [0.15, 0.2) is 0 Å². The molecule has 2 heterocycles. The number of hydrogen-bond acceptors (Lipinski definition) is 10. The molecule has 1 aromatic rings. The number of rotatable bonds is 6. The number of aliphatic hydroxyl groups excluding tert-OH is 1. The summed E-state index contributed by atoms with van der Waals surface area (Å²) in [6, 6.07) is 0. The molecule has 0 aromatic carbocycles. The van der Waals surface area contributed by atoms with E-state index in [4.69, 9.17) is 29.3 Å².